The first-order valence-corrected chi connectivity index (χ1v) is 6.03. The van der Waals surface area contributed by atoms with Crippen LogP contribution in [0.2, 0.25) is 0 Å². The maximum atomic E-state index is 10.7. The average Bonchev–Trinajstić information content (AvgIpc) is 2.28. The van der Waals surface area contributed by atoms with E-state index in [0.717, 1.165) is 25.7 Å². The van der Waals surface area contributed by atoms with Gasteiger partial charge in [-0.2, -0.15) is 0 Å². The molecule has 0 aliphatic carbocycles. The molecule has 1 aliphatic heterocycles. The molecule has 0 N–H and O–H groups in total. The van der Waals surface area contributed by atoms with Gasteiger partial charge in [0, 0.05) is 12.8 Å². The highest BCUT2D eigenvalue weighted by Crippen LogP contribution is 2.33. The van der Waals surface area contributed by atoms with Gasteiger partial charge < -0.3 is 9.47 Å². The Kier molecular flexibility index (Phi) is 5.00. The second-order valence-electron chi connectivity index (χ2n) is 4.54. The molecule has 0 bridgehead atoms. The van der Waals surface area contributed by atoms with E-state index in [4.69, 9.17) is 9.47 Å². The van der Waals surface area contributed by atoms with Gasteiger partial charge in [-0.3, -0.25) is 4.79 Å². The van der Waals surface area contributed by atoms with E-state index in [9.17, 15) is 4.79 Å². The fourth-order valence-corrected chi connectivity index (χ4v) is 2.14. The summed E-state index contributed by atoms with van der Waals surface area (Å²) in [6.45, 7) is 8.60. The third kappa shape index (κ3) is 3.63. The lowest BCUT2D eigenvalue weighted by atomic mass is 9.86. The van der Waals surface area contributed by atoms with Crippen LogP contribution in [0.25, 0.3) is 0 Å². The van der Waals surface area contributed by atoms with Gasteiger partial charge in [-0.15, -0.1) is 6.58 Å². The van der Waals surface area contributed by atoms with E-state index in [1.54, 1.807) is 0 Å². The Bertz CT molecular complexity index is 240. The predicted molar refractivity (Wildman–Crippen MR) is 63.1 cm³/mol. The Hall–Kier alpha value is -0.830. The van der Waals surface area contributed by atoms with E-state index in [1.807, 2.05) is 6.08 Å². The second-order valence-corrected chi connectivity index (χ2v) is 4.54. The molecule has 0 spiro atoms. The second kappa shape index (κ2) is 6.04. The molecule has 1 rings (SSSR count). The number of carbonyl (C=O) groups is 1. The van der Waals surface area contributed by atoms with Crippen LogP contribution < -0.4 is 0 Å². The summed E-state index contributed by atoms with van der Waals surface area (Å²) in [5.74, 6) is 0.128. The van der Waals surface area contributed by atoms with Gasteiger partial charge in [-0.25, -0.2) is 0 Å². The number of rotatable bonds is 5. The molecule has 1 aliphatic rings. The average molecular weight is 226 g/mol. The summed E-state index contributed by atoms with van der Waals surface area (Å²) in [6, 6.07) is 0. The first-order valence-electron chi connectivity index (χ1n) is 6.03. The normalized spacial score (nSPS) is 29.8. The minimum atomic E-state index is -0.214. The van der Waals surface area contributed by atoms with Gasteiger partial charge in [0.15, 0.2) is 0 Å². The molecule has 0 amide bonds. The van der Waals surface area contributed by atoms with Crippen LogP contribution in [0, 0.1) is 5.92 Å². The first kappa shape index (κ1) is 13.2. The van der Waals surface area contributed by atoms with Crippen LogP contribution in [-0.4, -0.2) is 24.8 Å². The molecule has 16 heavy (non-hydrogen) atoms. The van der Waals surface area contributed by atoms with Crippen LogP contribution in [0.15, 0.2) is 12.7 Å². The zero-order valence-corrected chi connectivity index (χ0v) is 10.3. The fourth-order valence-electron chi connectivity index (χ4n) is 2.14. The third-order valence-electron chi connectivity index (χ3n) is 3.15. The lowest BCUT2D eigenvalue weighted by molar-refractivity contribution is -0.146. The van der Waals surface area contributed by atoms with Crippen LogP contribution in [0.1, 0.15) is 39.5 Å². The van der Waals surface area contributed by atoms with E-state index in [2.05, 4.69) is 13.5 Å². The molecule has 0 aromatic heterocycles. The van der Waals surface area contributed by atoms with Crippen molar-refractivity contribution in [3.05, 3.63) is 12.7 Å². The third-order valence-corrected chi connectivity index (χ3v) is 3.15. The van der Waals surface area contributed by atoms with Crippen LogP contribution in [0.5, 0.6) is 0 Å². The van der Waals surface area contributed by atoms with Crippen molar-refractivity contribution in [2.75, 3.05) is 13.2 Å². The van der Waals surface area contributed by atoms with E-state index in [0.29, 0.717) is 19.1 Å². The minimum Gasteiger partial charge on any atom is -0.465 e. The molecule has 2 atom stereocenters. The molecule has 3 nitrogen and oxygen atoms in total. The van der Waals surface area contributed by atoms with Gasteiger partial charge >= 0.3 is 5.97 Å². The molecule has 1 heterocycles. The Morgan fingerprint density at radius 1 is 1.69 bits per heavy atom. The summed E-state index contributed by atoms with van der Waals surface area (Å²) in [5.41, 5.74) is -0.137. The number of hydrogen-bond acceptors (Lipinski definition) is 3. The van der Waals surface area contributed by atoms with Crippen molar-refractivity contribution in [3.63, 3.8) is 0 Å². The standard InChI is InChI=1S/C13H22O3/c1-4-7-13(5-2)8-6-12(10-16-13)9-15-11(3)14/h5,12H,2,4,6-10H2,1,3H3. The number of carbonyl (C=O) groups excluding carboxylic acids is 1. The molecule has 2 unspecified atom stereocenters. The number of hydrogen-bond donors (Lipinski definition) is 0. The maximum Gasteiger partial charge on any atom is 0.302 e. The summed E-state index contributed by atoms with van der Waals surface area (Å²) in [6.07, 6.45) is 6.07. The zero-order chi connectivity index (χ0) is 12.0. The monoisotopic (exact) mass is 226 g/mol. The van der Waals surface area contributed by atoms with Crippen molar-refractivity contribution in [2.45, 2.75) is 45.1 Å². The van der Waals surface area contributed by atoms with Crippen molar-refractivity contribution in [1.82, 2.24) is 0 Å². The Morgan fingerprint density at radius 3 is 2.88 bits per heavy atom. The van der Waals surface area contributed by atoms with Crippen molar-refractivity contribution in [1.29, 1.82) is 0 Å². The lowest BCUT2D eigenvalue weighted by Gasteiger charge is -2.38. The molecule has 0 saturated carbocycles. The summed E-state index contributed by atoms with van der Waals surface area (Å²) in [7, 11) is 0. The quantitative estimate of drug-likeness (QED) is 0.534. The Morgan fingerprint density at radius 2 is 2.44 bits per heavy atom. The van der Waals surface area contributed by atoms with E-state index < -0.39 is 0 Å². The number of ether oxygens (including phenoxy) is 2. The SMILES string of the molecule is C=CC1(CCC)CCC(COC(C)=O)CO1. The van der Waals surface area contributed by atoms with E-state index in [-0.39, 0.29) is 11.6 Å². The predicted octanol–water partition coefficient (Wildman–Crippen LogP) is 2.70. The molecular formula is C13H22O3. The maximum absolute atomic E-state index is 10.7. The van der Waals surface area contributed by atoms with Gasteiger partial charge in [0.25, 0.3) is 0 Å². The summed E-state index contributed by atoms with van der Waals surface area (Å²) in [5, 5.41) is 0. The molecule has 92 valence electrons. The van der Waals surface area contributed by atoms with Crippen molar-refractivity contribution in [3.8, 4) is 0 Å². The molecule has 0 radical (unpaired) electrons. The summed E-state index contributed by atoms with van der Waals surface area (Å²) >= 11 is 0. The van der Waals surface area contributed by atoms with Crippen molar-refractivity contribution < 1.29 is 14.3 Å². The van der Waals surface area contributed by atoms with E-state index >= 15 is 0 Å². The molecule has 1 saturated heterocycles. The largest absolute Gasteiger partial charge is 0.465 e. The smallest absolute Gasteiger partial charge is 0.302 e. The molecule has 1 fully saturated rings. The highest BCUT2D eigenvalue weighted by Gasteiger charge is 2.33. The topological polar surface area (TPSA) is 35.5 Å². The van der Waals surface area contributed by atoms with Gasteiger partial charge in [0.2, 0.25) is 0 Å². The van der Waals surface area contributed by atoms with Crippen LogP contribution in [0.4, 0.5) is 0 Å². The summed E-state index contributed by atoms with van der Waals surface area (Å²) in [4.78, 5) is 10.7. The fraction of sp³-hybridized carbons (Fsp3) is 0.769. The first-order chi connectivity index (χ1) is 7.62. The number of esters is 1. The molecule has 3 heteroatoms. The van der Waals surface area contributed by atoms with Gasteiger partial charge in [-0.05, 0) is 19.3 Å². The van der Waals surface area contributed by atoms with Gasteiger partial charge in [0.1, 0.15) is 0 Å². The minimum absolute atomic E-state index is 0.137. The Balaban J connectivity index is 2.37. The lowest BCUT2D eigenvalue weighted by Crippen LogP contribution is -2.38. The van der Waals surface area contributed by atoms with E-state index in [1.165, 1.54) is 6.92 Å². The van der Waals surface area contributed by atoms with Crippen molar-refractivity contribution >= 4 is 5.97 Å². The van der Waals surface area contributed by atoms with Crippen LogP contribution in [-0.2, 0) is 14.3 Å². The van der Waals surface area contributed by atoms with Crippen LogP contribution in [0.3, 0.4) is 0 Å². The van der Waals surface area contributed by atoms with Gasteiger partial charge in [0.05, 0.1) is 18.8 Å². The highest BCUT2D eigenvalue weighted by atomic mass is 16.5. The highest BCUT2D eigenvalue weighted by molar-refractivity contribution is 5.65. The molecule has 0 aromatic carbocycles. The Labute approximate surface area is 97.8 Å². The zero-order valence-electron chi connectivity index (χ0n) is 10.3. The van der Waals surface area contributed by atoms with Gasteiger partial charge in [-0.1, -0.05) is 19.4 Å². The van der Waals surface area contributed by atoms with Crippen molar-refractivity contribution in [2.24, 2.45) is 5.92 Å². The van der Waals surface area contributed by atoms with Crippen LogP contribution >= 0.6 is 0 Å². The summed E-state index contributed by atoms with van der Waals surface area (Å²) < 4.78 is 10.9. The molecule has 0 aromatic rings. The molecular weight excluding hydrogens is 204 g/mol.